The minimum atomic E-state index is -0.224. The molecular formula is C18H20N4O. The van der Waals surface area contributed by atoms with Crippen LogP contribution in [0.5, 0.6) is 0 Å². The first-order chi connectivity index (χ1) is 11.2. The van der Waals surface area contributed by atoms with Gasteiger partial charge in [0.15, 0.2) is 0 Å². The Kier molecular flexibility index (Phi) is 4.28. The quantitative estimate of drug-likeness (QED) is 0.767. The highest BCUT2D eigenvalue weighted by molar-refractivity contribution is 6.01. The summed E-state index contributed by atoms with van der Waals surface area (Å²) < 4.78 is 1.88. The molecule has 1 heterocycles. The highest BCUT2D eigenvalue weighted by atomic mass is 16.2. The summed E-state index contributed by atoms with van der Waals surface area (Å²) in [6, 6.07) is 15.4. The monoisotopic (exact) mass is 308 g/mol. The summed E-state index contributed by atoms with van der Waals surface area (Å²) in [7, 11) is 0. The van der Waals surface area contributed by atoms with Gasteiger partial charge in [-0.25, -0.2) is 4.79 Å². The molecule has 0 saturated carbocycles. The van der Waals surface area contributed by atoms with Crippen molar-refractivity contribution in [2.45, 2.75) is 26.4 Å². The van der Waals surface area contributed by atoms with E-state index >= 15 is 0 Å². The van der Waals surface area contributed by atoms with Crippen LogP contribution < -0.4 is 10.6 Å². The molecule has 0 aliphatic heterocycles. The summed E-state index contributed by atoms with van der Waals surface area (Å²) in [5.74, 6) is 0. The van der Waals surface area contributed by atoms with Crippen molar-refractivity contribution in [2.75, 3.05) is 5.32 Å². The number of benzene rings is 2. The molecule has 5 heteroatoms. The molecule has 0 aliphatic rings. The van der Waals surface area contributed by atoms with E-state index in [0.29, 0.717) is 0 Å². The smallest absolute Gasteiger partial charge is 0.319 e. The molecule has 2 amide bonds. The van der Waals surface area contributed by atoms with Gasteiger partial charge in [0.25, 0.3) is 0 Å². The first kappa shape index (κ1) is 15.1. The zero-order valence-corrected chi connectivity index (χ0v) is 13.3. The van der Waals surface area contributed by atoms with E-state index in [4.69, 9.17) is 0 Å². The predicted molar refractivity (Wildman–Crippen MR) is 92.4 cm³/mol. The van der Waals surface area contributed by atoms with E-state index in [1.54, 1.807) is 6.20 Å². The van der Waals surface area contributed by atoms with Gasteiger partial charge in [-0.15, -0.1) is 0 Å². The minimum absolute atomic E-state index is 0.118. The molecule has 2 N–H and O–H groups in total. The summed E-state index contributed by atoms with van der Waals surface area (Å²) in [6.45, 7) is 4.75. The Bertz CT molecular complexity index is 819. The number of rotatable bonds is 4. The number of amides is 2. The second-order valence-corrected chi connectivity index (χ2v) is 5.42. The zero-order valence-electron chi connectivity index (χ0n) is 13.3. The van der Waals surface area contributed by atoms with E-state index < -0.39 is 0 Å². The van der Waals surface area contributed by atoms with E-state index in [1.807, 2.05) is 67.1 Å². The van der Waals surface area contributed by atoms with Gasteiger partial charge in [-0.1, -0.05) is 36.4 Å². The van der Waals surface area contributed by atoms with E-state index in [1.165, 1.54) is 0 Å². The van der Waals surface area contributed by atoms with E-state index in [-0.39, 0.29) is 12.1 Å². The summed E-state index contributed by atoms with van der Waals surface area (Å²) >= 11 is 0. The lowest BCUT2D eigenvalue weighted by Gasteiger charge is -2.16. The molecule has 0 bridgehead atoms. The van der Waals surface area contributed by atoms with Crippen LogP contribution in [0.4, 0.5) is 10.5 Å². The van der Waals surface area contributed by atoms with Crippen LogP contribution in [0.1, 0.15) is 25.6 Å². The maximum atomic E-state index is 12.3. The third-order valence-electron chi connectivity index (χ3n) is 3.88. The third kappa shape index (κ3) is 3.18. The van der Waals surface area contributed by atoms with Gasteiger partial charge in [0.05, 0.1) is 17.4 Å². The van der Waals surface area contributed by atoms with Crippen LogP contribution in [-0.2, 0) is 6.54 Å². The normalized spacial score (nSPS) is 12.1. The molecule has 0 radical (unpaired) electrons. The molecular weight excluding hydrogens is 288 g/mol. The Labute approximate surface area is 135 Å². The van der Waals surface area contributed by atoms with Crippen LogP contribution in [0.25, 0.3) is 10.8 Å². The van der Waals surface area contributed by atoms with Crippen molar-refractivity contribution in [3.05, 3.63) is 60.4 Å². The second kappa shape index (κ2) is 6.52. The highest BCUT2D eigenvalue weighted by Gasteiger charge is 2.14. The minimum Gasteiger partial charge on any atom is -0.330 e. The number of aryl methyl sites for hydroxylation is 1. The summed E-state index contributed by atoms with van der Waals surface area (Å²) in [4.78, 5) is 12.3. The number of urea groups is 1. The highest BCUT2D eigenvalue weighted by Crippen LogP contribution is 2.23. The fraction of sp³-hybridized carbons (Fsp3) is 0.222. The molecule has 1 aromatic heterocycles. The number of hydrogen-bond acceptors (Lipinski definition) is 2. The molecule has 0 fully saturated rings. The van der Waals surface area contributed by atoms with Gasteiger partial charge in [-0.2, -0.15) is 5.10 Å². The van der Waals surface area contributed by atoms with Crippen LogP contribution in [0, 0.1) is 0 Å². The molecule has 1 atom stereocenters. The molecule has 0 spiro atoms. The maximum absolute atomic E-state index is 12.3. The lowest BCUT2D eigenvalue weighted by molar-refractivity contribution is 0.249. The Morgan fingerprint density at radius 3 is 2.78 bits per heavy atom. The van der Waals surface area contributed by atoms with Crippen molar-refractivity contribution >= 4 is 22.5 Å². The largest absolute Gasteiger partial charge is 0.330 e. The summed E-state index contributed by atoms with van der Waals surface area (Å²) in [5.41, 5.74) is 1.79. The number of carbonyl (C=O) groups is 1. The van der Waals surface area contributed by atoms with Crippen LogP contribution >= 0.6 is 0 Å². The number of aromatic nitrogens is 2. The van der Waals surface area contributed by atoms with Crippen LogP contribution in [0.3, 0.4) is 0 Å². The molecule has 2 aromatic carbocycles. The summed E-state index contributed by atoms with van der Waals surface area (Å²) in [5, 5.41) is 12.3. The number of hydrogen-bond donors (Lipinski definition) is 2. The van der Waals surface area contributed by atoms with Crippen molar-refractivity contribution in [2.24, 2.45) is 0 Å². The Balaban J connectivity index is 1.74. The van der Waals surface area contributed by atoms with Crippen molar-refractivity contribution in [1.82, 2.24) is 15.1 Å². The van der Waals surface area contributed by atoms with Gasteiger partial charge in [-0.3, -0.25) is 4.68 Å². The van der Waals surface area contributed by atoms with Crippen molar-refractivity contribution in [3.63, 3.8) is 0 Å². The van der Waals surface area contributed by atoms with Gasteiger partial charge in [0.1, 0.15) is 0 Å². The Hall–Kier alpha value is -2.82. The SMILES string of the molecule is CCn1nccc1C(C)NC(=O)Nc1cccc2ccccc12. The molecule has 5 nitrogen and oxygen atoms in total. The lowest BCUT2D eigenvalue weighted by atomic mass is 10.1. The number of nitrogens with one attached hydrogen (secondary N) is 2. The molecule has 1 unspecified atom stereocenters. The van der Waals surface area contributed by atoms with Crippen LogP contribution in [-0.4, -0.2) is 15.8 Å². The fourth-order valence-electron chi connectivity index (χ4n) is 2.74. The average Bonchev–Trinajstić information content (AvgIpc) is 3.04. The van der Waals surface area contributed by atoms with Crippen molar-refractivity contribution in [1.29, 1.82) is 0 Å². The molecule has 118 valence electrons. The summed E-state index contributed by atoms with van der Waals surface area (Å²) in [6.07, 6.45) is 1.75. The van der Waals surface area contributed by atoms with Gasteiger partial charge in [0.2, 0.25) is 0 Å². The van der Waals surface area contributed by atoms with E-state index in [9.17, 15) is 4.79 Å². The number of carbonyl (C=O) groups excluding carboxylic acids is 1. The first-order valence-electron chi connectivity index (χ1n) is 7.76. The zero-order chi connectivity index (χ0) is 16.2. The van der Waals surface area contributed by atoms with Crippen LogP contribution in [0.2, 0.25) is 0 Å². The average molecular weight is 308 g/mol. The predicted octanol–water partition coefficient (Wildman–Crippen LogP) is 3.94. The number of anilines is 1. The molecule has 3 rings (SSSR count). The van der Waals surface area contributed by atoms with Crippen molar-refractivity contribution < 1.29 is 4.79 Å². The van der Waals surface area contributed by atoms with Gasteiger partial charge < -0.3 is 10.6 Å². The fourth-order valence-corrected chi connectivity index (χ4v) is 2.74. The Morgan fingerprint density at radius 2 is 1.96 bits per heavy atom. The van der Waals surface area contributed by atoms with Gasteiger partial charge in [-0.05, 0) is 31.4 Å². The second-order valence-electron chi connectivity index (χ2n) is 5.42. The van der Waals surface area contributed by atoms with Gasteiger partial charge in [0, 0.05) is 18.1 Å². The standard InChI is InChI=1S/C18H20N4O/c1-3-22-17(11-12-19-22)13(2)20-18(23)21-16-10-6-8-14-7-4-5-9-15(14)16/h4-13H,3H2,1-2H3,(H2,20,21,23). The topological polar surface area (TPSA) is 59.0 Å². The van der Waals surface area contributed by atoms with Crippen LogP contribution in [0.15, 0.2) is 54.7 Å². The third-order valence-corrected chi connectivity index (χ3v) is 3.88. The van der Waals surface area contributed by atoms with Crippen molar-refractivity contribution in [3.8, 4) is 0 Å². The lowest BCUT2D eigenvalue weighted by Crippen LogP contribution is -2.32. The number of fused-ring (bicyclic) bond motifs is 1. The molecule has 0 saturated heterocycles. The number of nitrogens with zero attached hydrogens (tertiary/aromatic N) is 2. The van der Waals surface area contributed by atoms with Gasteiger partial charge >= 0.3 is 6.03 Å². The first-order valence-corrected chi connectivity index (χ1v) is 7.76. The molecule has 3 aromatic rings. The molecule has 0 aliphatic carbocycles. The van der Waals surface area contributed by atoms with E-state index in [2.05, 4.69) is 15.7 Å². The Morgan fingerprint density at radius 1 is 1.17 bits per heavy atom. The molecule has 23 heavy (non-hydrogen) atoms. The maximum Gasteiger partial charge on any atom is 0.319 e. The van der Waals surface area contributed by atoms with E-state index in [0.717, 1.165) is 28.7 Å².